The van der Waals surface area contributed by atoms with Crippen LogP contribution in [0.4, 0.5) is 0 Å². The molecule has 2 aliphatic rings. The zero-order chi connectivity index (χ0) is 20.7. The van der Waals surface area contributed by atoms with E-state index < -0.39 is 0 Å². The van der Waals surface area contributed by atoms with Gasteiger partial charge in [-0.1, -0.05) is 46.3 Å². The number of hydrogen-bond donors (Lipinski definition) is 0. The lowest BCUT2D eigenvalue weighted by Gasteiger charge is -2.38. The minimum Gasteiger partial charge on any atom is -0.497 e. The minimum atomic E-state index is -0.292. The fourth-order valence-corrected chi connectivity index (χ4v) is 4.35. The summed E-state index contributed by atoms with van der Waals surface area (Å²) in [7, 11) is 3.32. The van der Waals surface area contributed by atoms with Gasteiger partial charge in [-0.25, -0.2) is 5.01 Å². The molecule has 0 saturated heterocycles. The van der Waals surface area contributed by atoms with Gasteiger partial charge in [0.1, 0.15) is 17.2 Å². The summed E-state index contributed by atoms with van der Waals surface area (Å²) in [5, 5.41) is 7.09. The summed E-state index contributed by atoms with van der Waals surface area (Å²) in [5.41, 5.74) is 4.16. The molecule has 0 fully saturated rings. The maximum Gasteiger partial charge on any atom is 0.213 e. The first kappa shape index (κ1) is 19.0. The third-order valence-electron chi connectivity index (χ3n) is 5.57. The molecular formula is C24H21BrN2O3. The lowest BCUT2D eigenvalue weighted by Crippen LogP contribution is -2.33. The predicted octanol–water partition coefficient (Wildman–Crippen LogP) is 5.71. The van der Waals surface area contributed by atoms with E-state index in [0.29, 0.717) is 0 Å². The molecule has 0 amide bonds. The number of methoxy groups -OCH3 is 2. The van der Waals surface area contributed by atoms with Crippen molar-refractivity contribution < 1.29 is 14.2 Å². The monoisotopic (exact) mass is 464 g/mol. The van der Waals surface area contributed by atoms with Crippen LogP contribution in [0, 0.1) is 0 Å². The highest BCUT2D eigenvalue weighted by atomic mass is 79.9. The summed E-state index contributed by atoms with van der Waals surface area (Å²) >= 11 is 3.51. The van der Waals surface area contributed by atoms with Crippen LogP contribution in [0.5, 0.6) is 17.2 Å². The number of halogens is 1. The van der Waals surface area contributed by atoms with Crippen LogP contribution in [0.15, 0.2) is 76.3 Å². The van der Waals surface area contributed by atoms with Gasteiger partial charge in [0.05, 0.1) is 26.0 Å². The Bertz CT molecular complexity index is 1110. The van der Waals surface area contributed by atoms with Crippen molar-refractivity contribution in [3.05, 3.63) is 87.9 Å². The molecule has 2 atom stereocenters. The van der Waals surface area contributed by atoms with Crippen molar-refractivity contribution in [2.75, 3.05) is 14.2 Å². The molecule has 5 nitrogen and oxygen atoms in total. The van der Waals surface area contributed by atoms with E-state index in [1.54, 1.807) is 14.2 Å². The highest BCUT2D eigenvalue weighted by Gasteiger charge is 2.41. The lowest BCUT2D eigenvalue weighted by atomic mass is 9.95. The second-order valence-corrected chi connectivity index (χ2v) is 8.19. The van der Waals surface area contributed by atoms with E-state index >= 15 is 0 Å². The van der Waals surface area contributed by atoms with Gasteiger partial charge in [0.15, 0.2) is 0 Å². The molecule has 0 bridgehead atoms. The van der Waals surface area contributed by atoms with Crippen LogP contribution >= 0.6 is 15.9 Å². The quantitative estimate of drug-likeness (QED) is 0.495. The van der Waals surface area contributed by atoms with Crippen LogP contribution in [0.2, 0.25) is 0 Å². The van der Waals surface area contributed by atoms with Crippen LogP contribution in [0.1, 0.15) is 35.4 Å². The van der Waals surface area contributed by atoms with Gasteiger partial charge in [-0.2, -0.15) is 5.10 Å². The van der Waals surface area contributed by atoms with Crippen molar-refractivity contribution in [3.8, 4) is 17.2 Å². The highest BCUT2D eigenvalue weighted by molar-refractivity contribution is 9.10. The molecule has 6 heteroatoms. The van der Waals surface area contributed by atoms with Crippen LogP contribution < -0.4 is 14.2 Å². The maximum absolute atomic E-state index is 6.40. The van der Waals surface area contributed by atoms with E-state index in [-0.39, 0.29) is 12.3 Å². The van der Waals surface area contributed by atoms with Gasteiger partial charge in [0.2, 0.25) is 6.23 Å². The number of nitrogens with zero attached hydrogens (tertiary/aromatic N) is 2. The number of para-hydroxylation sites is 1. The normalized spacial score (nSPS) is 19.4. The van der Waals surface area contributed by atoms with E-state index in [0.717, 1.165) is 50.5 Å². The van der Waals surface area contributed by atoms with Gasteiger partial charge < -0.3 is 14.2 Å². The predicted molar refractivity (Wildman–Crippen MR) is 119 cm³/mol. The van der Waals surface area contributed by atoms with Gasteiger partial charge in [-0.15, -0.1) is 0 Å². The molecule has 2 heterocycles. The van der Waals surface area contributed by atoms with Gasteiger partial charge in [0.25, 0.3) is 0 Å². The second-order valence-electron chi connectivity index (χ2n) is 7.27. The zero-order valence-electron chi connectivity index (χ0n) is 16.7. The molecule has 0 radical (unpaired) electrons. The summed E-state index contributed by atoms with van der Waals surface area (Å²) < 4.78 is 18.4. The molecule has 0 aromatic heterocycles. The second kappa shape index (κ2) is 7.69. The van der Waals surface area contributed by atoms with E-state index in [1.807, 2.05) is 48.5 Å². The molecular weight excluding hydrogens is 444 g/mol. The average Bonchev–Trinajstić information content (AvgIpc) is 3.24. The topological polar surface area (TPSA) is 43.3 Å². The van der Waals surface area contributed by atoms with Crippen LogP contribution in [0.25, 0.3) is 0 Å². The van der Waals surface area contributed by atoms with E-state index in [4.69, 9.17) is 19.3 Å². The van der Waals surface area contributed by atoms with Crippen molar-refractivity contribution in [2.24, 2.45) is 5.10 Å². The SMILES string of the molecule is COc1ccc(C2=NN3C(C2)c2ccccc2OC3c2ccc(Br)cc2)c(OC)c1. The third kappa shape index (κ3) is 3.21. The van der Waals surface area contributed by atoms with Gasteiger partial charge in [-0.3, -0.25) is 0 Å². The Morgan fingerprint density at radius 1 is 1.00 bits per heavy atom. The first-order valence-electron chi connectivity index (χ1n) is 9.77. The van der Waals surface area contributed by atoms with Crippen molar-refractivity contribution in [3.63, 3.8) is 0 Å². The molecule has 30 heavy (non-hydrogen) atoms. The van der Waals surface area contributed by atoms with Gasteiger partial charge in [0, 0.05) is 33.7 Å². The molecule has 2 unspecified atom stereocenters. The minimum absolute atomic E-state index is 0.102. The number of hydrazone groups is 1. The summed E-state index contributed by atoms with van der Waals surface area (Å²) in [6.45, 7) is 0. The number of ether oxygens (including phenoxy) is 3. The van der Waals surface area contributed by atoms with Crippen LogP contribution in [-0.4, -0.2) is 24.9 Å². The molecule has 0 saturated carbocycles. The van der Waals surface area contributed by atoms with Crippen molar-refractivity contribution >= 4 is 21.6 Å². The van der Waals surface area contributed by atoms with Crippen molar-refractivity contribution in [2.45, 2.75) is 18.7 Å². The third-order valence-corrected chi connectivity index (χ3v) is 6.10. The first-order valence-corrected chi connectivity index (χ1v) is 10.6. The largest absolute Gasteiger partial charge is 0.497 e. The summed E-state index contributed by atoms with van der Waals surface area (Å²) in [6, 6.07) is 22.4. The molecule has 3 aromatic rings. The molecule has 5 rings (SSSR count). The fourth-order valence-electron chi connectivity index (χ4n) is 4.08. The Balaban J connectivity index is 1.59. The highest BCUT2D eigenvalue weighted by Crippen LogP contribution is 2.48. The maximum atomic E-state index is 6.40. The molecule has 2 aliphatic heterocycles. The molecule has 3 aromatic carbocycles. The van der Waals surface area contributed by atoms with E-state index in [2.05, 4.69) is 39.1 Å². The fraction of sp³-hybridized carbons (Fsp3) is 0.208. The number of hydrogen-bond acceptors (Lipinski definition) is 5. The summed E-state index contributed by atoms with van der Waals surface area (Å²) in [4.78, 5) is 0. The Morgan fingerprint density at radius 2 is 1.80 bits per heavy atom. The number of rotatable bonds is 4. The Labute approximate surface area is 184 Å². The Morgan fingerprint density at radius 3 is 2.57 bits per heavy atom. The van der Waals surface area contributed by atoms with Crippen molar-refractivity contribution in [1.82, 2.24) is 5.01 Å². The molecule has 0 N–H and O–H groups in total. The number of fused-ring (bicyclic) bond motifs is 3. The summed E-state index contributed by atoms with van der Waals surface area (Å²) in [5.74, 6) is 2.42. The van der Waals surface area contributed by atoms with E-state index in [9.17, 15) is 0 Å². The summed E-state index contributed by atoms with van der Waals surface area (Å²) in [6.07, 6.45) is 0.482. The van der Waals surface area contributed by atoms with E-state index in [1.165, 1.54) is 0 Å². The van der Waals surface area contributed by atoms with Crippen molar-refractivity contribution in [1.29, 1.82) is 0 Å². The average molecular weight is 465 g/mol. The zero-order valence-corrected chi connectivity index (χ0v) is 18.3. The Kier molecular flexibility index (Phi) is 4.87. The smallest absolute Gasteiger partial charge is 0.213 e. The van der Waals surface area contributed by atoms with Crippen LogP contribution in [0.3, 0.4) is 0 Å². The molecule has 0 spiro atoms. The number of benzene rings is 3. The standard InChI is InChI=1S/C24H21BrN2O3/c1-28-17-11-12-18(23(13-17)29-2)20-14-21-19-5-3-4-6-22(19)30-24(27(21)26-20)15-7-9-16(25)10-8-15/h3-13,21,24H,14H2,1-2H3. The van der Waals surface area contributed by atoms with Crippen LogP contribution in [-0.2, 0) is 0 Å². The first-order chi connectivity index (χ1) is 14.7. The lowest BCUT2D eigenvalue weighted by molar-refractivity contribution is -0.0190. The molecule has 0 aliphatic carbocycles. The van der Waals surface area contributed by atoms with Gasteiger partial charge in [-0.05, 0) is 30.3 Å². The molecule has 152 valence electrons. The Hall–Kier alpha value is -2.99. The van der Waals surface area contributed by atoms with Gasteiger partial charge >= 0.3 is 0 Å².